The first-order valence-corrected chi connectivity index (χ1v) is 11.1. The molecule has 3 rings (SSSR count). The lowest BCUT2D eigenvalue weighted by Gasteiger charge is -2.42. The molecule has 1 saturated heterocycles. The fourth-order valence-corrected chi connectivity index (χ4v) is 4.84. The molecule has 1 fully saturated rings. The average Bonchev–Trinajstić information content (AvgIpc) is 2.66. The molecule has 1 aliphatic heterocycles. The number of nitrogens with one attached hydrogen (secondary N) is 2. The van der Waals surface area contributed by atoms with E-state index in [0.717, 1.165) is 13.1 Å². The van der Waals surface area contributed by atoms with E-state index < -0.39 is 0 Å². The third-order valence-electron chi connectivity index (χ3n) is 7.07. The minimum atomic E-state index is 0.245. The van der Waals surface area contributed by atoms with Crippen LogP contribution in [0.1, 0.15) is 90.8 Å². The summed E-state index contributed by atoms with van der Waals surface area (Å²) >= 11 is 0. The lowest BCUT2D eigenvalue weighted by molar-refractivity contribution is 0.332. The molecule has 0 radical (unpaired) electrons. The number of fused-ring (bicyclic) bond motifs is 1. The topological polar surface area (TPSA) is 24.1 Å². The number of rotatable bonds is 4. The van der Waals surface area contributed by atoms with E-state index in [1.807, 2.05) is 0 Å². The van der Waals surface area contributed by atoms with Gasteiger partial charge in [-0.2, -0.15) is 0 Å². The molecule has 0 bridgehead atoms. The molecule has 2 aliphatic rings. The van der Waals surface area contributed by atoms with Gasteiger partial charge in [-0.3, -0.25) is 0 Å². The van der Waals surface area contributed by atoms with Crippen LogP contribution >= 0.6 is 0 Å². The molecule has 0 saturated carbocycles. The second kappa shape index (κ2) is 8.06. The highest BCUT2D eigenvalue weighted by Gasteiger charge is 2.37. The maximum atomic E-state index is 3.68. The molecule has 2 nitrogen and oxygen atoms in total. The van der Waals surface area contributed by atoms with E-state index in [-0.39, 0.29) is 10.8 Å². The van der Waals surface area contributed by atoms with E-state index in [9.17, 15) is 0 Å². The SMILES string of the molecule is CC(C)=C(N/C=C(\C)C1CCNCC1)c1ccc2c(c1)C(C)(C)CCC2(C)C. The van der Waals surface area contributed by atoms with Gasteiger partial charge in [0.05, 0.1) is 0 Å². The van der Waals surface area contributed by atoms with Crippen molar-refractivity contribution in [2.75, 3.05) is 13.1 Å². The second-order valence-corrected chi connectivity index (χ2v) is 10.5. The Hall–Kier alpha value is -1.54. The highest BCUT2D eigenvalue weighted by atomic mass is 14.9. The Balaban J connectivity index is 1.91. The zero-order chi connectivity index (χ0) is 20.5. The predicted octanol–water partition coefficient (Wildman–Crippen LogP) is 6.28. The third kappa shape index (κ3) is 4.38. The van der Waals surface area contributed by atoms with Crippen LogP contribution in [0.25, 0.3) is 5.70 Å². The predicted molar refractivity (Wildman–Crippen MR) is 122 cm³/mol. The number of hydrogen-bond acceptors (Lipinski definition) is 2. The summed E-state index contributed by atoms with van der Waals surface area (Å²) in [6.07, 6.45) is 7.26. The van der Waals surface area contributed by atoms with Crippen molar-refractivity contribution in [1.29, 1.82) is 0 Å². The maximum Gasteiger partial charge on any atom is 0.0439 e. The van der Waals surface area contributed by atoms with Gasteiger partial charge in [-0.1, -0.05) is 51.0 Å². The molecule has 1 aliphatic carbocycles. The van der Waals surface area contributed by atoms with Crippen LogP contribution in [0.5, 0.6) is 0 Å². The second-order valence-electron chi connectivity index (χ2n) is 10.5. The molecule has 0 aromatic heterocycles. The molecule has 1 aromatic rings. The van der Waals surface area contributed by atoms with Crippen molar-refractivity contribution >= 4 is 5.70 Å². The fourth-order valence-electron chi connectivity index (χ4n) is 4.84. The van der Waals surface area contributed by atoms with Gasteiger partial charge in [-0.15, -0.1) is 0 Å². The van der Waals surface area contributed by atoms with E-state index in [2.05, 4.69) is 83.5 Å². The Kier molecular flexibility index (Phi) is 6.10. The van der Waals surface area contributed by atoms with Crippen LogP contribution in [0.4, 0.5) is 0 Å². The summed E-state index contributed by atoms with van der Waals surface area (Å²) in [6, 6.07) is 7.17. The first-order valence-electron chi connectivity index (χ1n) is 11.1. The van der Waals surface area contributed by atoms with Gasteiger partial charge in [0.1, 0.15) is 0 Å². The Morgan fingerprint density at radius 3 is 2.18 bits per heavy atom. The number of hydrogen-bond donors (Lipinski definition) is 2. The van der Waals surface area contributed by atoms with Gasteiger partial charge in [-0.25, -0.2) is 0 Å². The quantitative estimate of drug-likeness (QED) is 0.642. The van der Waals surface area contributed by atoms with E-state index in [1.165, 1.54) is 59.2 Å². The smallest absolute Gasteiger partial charge is 0.0439 e. The van der Waals surface area contributed by atoms with Crippen LogP contribution in [0.2, 0.25) is 0 Å². The van der Waals surface area contributed by atoms with E-state index in [4.69, 9.17) is 0 Å². The number of benzene rings is 1. The van der Waals surface area contributed by atoms with Crippen molar-refractivity contribution in [2.24, 2.45) is 5.92 Å². The zero-order valence-corrected chi connectivity index (χ0v) is 19.1. The summed E-state index contributed by atoms with van der Waals surface area (Å²) in [5.41, 5.74) is 8.96. The summed E-state index contributed by atoms with van der Waals surface area (Å²) < 4.78 is 0. The molecule has 154 valence electrons. The van der Waals surface area contributed by atoms with Crippen molar-refractivity contribution in [3.05, 3.63) is 52.2 Å². The molecule has 2 N–H and O–H groups in total. The van der Waals surface area contributed by atoms with Crippen LogP contribution in [0.15, 0.2) is 35.5 Å². The Morgan fingerprint density at radius 1 is 0.964 bits per heavy atom. The van der Waals surface area contributed by atoms with Gasteiger partial charge >= 0.3 is 0 Å². The molecule has 1 heterocycles. The van der Waals surface area contributed by atoms with E-state index in [1.54, 1.807) is 0 Å². The molecular formula is C26H40N2. The highest BCUT2D eigenvalue weighted by Crippen LogP contribution is 2.46. The molecule has 28 heavy (non-hydrogen) atoms. The zero-order valence-electron chi connectivity index (χ0n) is 19.1. The number of allylic oxidation sites excluding steroid dienone is 2. The lowest BCUT2D eigenvalue weighted by atomic mass is 9.63. The average molecular weight is 381 g/mol. The highest BCUT2D eigenvalue weighted by molar-refractivity contribution is 5.69. The first-order chi connectivity index (χ1) is 13.1. The van der Waals surface area contributed by atoms with Crippen molar-refractivity contribution in [3.8, 4) is 0 Å². The van der Waals surface area contributed by atoms with E-state index >= 15 is 0 Å². The van der Waals surface area contributed by atoms with Gasteiger partial charge in [0.25, 0.3) is 0 Å². The molecule has 0 unspecified atom stereocenters. The maximum absolute atomic E-state index is 3.68. The van der Waals surface area contributed by atoms with Crippen molar-refractivity contribution < 1.29 is 0 Å². The minimum Gasteiger partial charge on any atom is -0.361 e. The van der Waals surface area contributed by atoms with Crippen LogP contribution in [0.3, 0.4) is 0 Å². The van der Waals surface area contributed by atoms with Gasteiger partial charge < -0.3 is 10.6 Å². The molecule has 0 atom stereocenters. The summed E-state index contributed by atoms with van der Waals surface area (Å²) in [5, 5.41) is 7.15. The fraction of sp³-hybridized carbons (Fsp3) is 0.615. The Morgan fingerprint density at radius 2 is 1.57 bits per heavy atom. The largest absolute Gasteiger partial charge is 0.361 e. The normalized spacial score (nSPS) is 21.8. The third-order valence-corrected chi connectivity index (χ3v) is 7.07. The van der Waals surface area contributed by atoms with Crippen molar-refractivity contribution in [2.45, 2.75) is 85.0 Å². The molecule has 0 amide bonds. The minimum absolute atomic E-state index is 0.245. The molecule has 0 spiro atoms. The van der Waals surface area contributed by atoms with E-state index in [0.29, 0.717) is 5.92 Å². The van der Waals surface area contributed by atoms with Crippen LogP contribution in [-0.2, 0) is 10.8 Å². The summed E-state index contributed by atoms with van der Waals surface area (Å²) in [4.78, 5) is 0. The Labute approximate surface area is 172 Å². The van der Waals surface area contributed by atoms with Gasteiger partial charge in [0, 0.05) is 11.9 Å². The van der Waals surface area contributed by atoms with Crippen LogP contribution < -0.4 is 10.6 Å². The number of piperidine rings is 1. The van der Waals surface area contributed by atoms with Gasteiger partial charge in [-0.05, 0) is 99.0 Å². The van der Waals surface area contributed by atoms with Gasteiger partial charge in [0.15, 0.2) is 0 Å². The monoisotopic (exact) mass is 380 g/mol. The van der Waals surface area contributed by atoms with Crippen molar-refractivity contribution in [1.82, 2.24) is 10.6 Å². The van der Waals surface area contributed by atoms with Crippen LogP contribution in [-0.4, -0.2) is 13.1 Å². The standard InChI is InChI=1S/C26H40N2/c1-18(2)24(28-17-19(3)20-10-14-27-15-11-20)21-8-9-22-23(16-21)26(6,7)13-12-25(22,4)5/h8-9,16-17,20,27-28H,10-15H2,1-7H3/b19-17+. The molecular weight excluding hydrogens is 340 g/mol. The summed E-state index contributed by atoms with van der Waals surface area (Å²) in [5.74, 6) is 0.704. The lowest BCUT2D eigenvalue weighted by Crippen LogP contribution is -2.34. The van der Waals surface area contributed by atoms with Gasteiger partial charge in [0.2, 0.25) is 0 Å². The summed E-state index contributed by atoms with van der Waals surface area (Å²) in [6.45, 7) is 18.6. The first kappa shape index (κ1) is 21.2. The molecule has 2 heteroatoms. The molecule has 1 aromatic carbocycles. The summed E-state index contributed by atoms with van der Waals surface area (Å²) in [7, 11) is 0. The Bertz CT molecular complexity index is 770. The van der Waals surface area contributed by atoms with Crippen molar-refractivity contribution in [3.63, 3.8) is 0 Å². The van der Waals surface area contributed by atoms with Crippen LogP contribution in [0, 0.1) is 5.92 Å².